The molecule has 1 unspecified atom stereocenters. The van der Waals surface area contributed by atoms with E-state index in [-0.39, 0.29) is 24.4 Å². The fourth-order valence-corrected chi connectivity index (χ4v) is 3.27. The molecule has 0 saturated carbocycles. The van der Waals surface area contributed by atoms with Crippen molar-refractivity contribution in [2.24, 2.45) is 0 Å². The molecule has 3 rings (SSSR count). The van der Waals surface area contributed by atoms with Crippen LogP contribution in [0.5, 0.6) is 5.75 Å². The average Bonchev–Trinajstić information content (AvgIpc) is 2.70. The Kier molecular flexibility index (Phi) is 5.87. The molecular formula is C20H25N3O4. The third-order valence-electron chi connectivity index (χ3n) is 5.03. The van der Waals surface area contributed by atoms with Crippen LogP contribution >= 0.6 is 0 Å². The maximum atomic E-state index is 12.7. The van der Waals surface area contributed by atoms with E-state index in [2.05, 4.69) is 5.92 Å². The highest BCUT2D eigenvalue weighted by molar-refractivity contribution is 5.96. The molecule has 2 amide bonds. The van der Waals surface area contributed by atoms with Crippen molar-refractivity contribution in [2.45, 2.75) is 12.5 Å². The van der Waals surface area contributed by atoms with Gasteiger partial charge < -0.3 is 24.2 Å². The number of benzene rings is 1. The van der Waals surface area contributed by atoms with Crippen molar-refractivity contribution in [1.29, 1.82) is 0 Å². The molecule has 1 fully saturated rings. The summed E-state index contributed by atoms with van der Waals surface area (Å²) in [5.41, 5.74) is 1.43. The number of terminal acetylenes is 1. The summed E-state index contributed by atoms with van der Waals surface area (Å²) in [6.45, 7) is 3.02. The van der Waals surface area contributed by atoms with E-state index in [1.54, 1.807) is 18.0 Å². The minimum Gasteiger partial charge on any atom is -0.489 e. The standard InChI is InChI=1S/C20H25N3O4/c1-4-7-21(2)19(24)13-16-14-27-18-6-5-15(12-17(18)22(16)3)20(25)23-8-10-26-11-9-23/h1,5-6,12,16H,7-11,13-14H2,2-3H3. The Morgan fingerprint density at radius 3 is 2.78 bits per heavy atom. The fraction of sp³-hybridized carbons (Fsp3) is 0.500. The van der Waals surface area contributed by atoms with Crippen LogP contribution in [0.15, 0.2) is 18.2 Å². The molecule has 0 radical (unpaired) electrons. The van der Waals surface area contributed by atoms with Gasteiger partial charge in [0.05, 0.1) is 37.9 Å². The molecule has 1 atom stereocenters. The summed E-state index contributed by atoms with van der Waals surface area (Å²) < 4.78 is 11.1. The molecule has 0 bridgehead atoms. The van der Waals surface area contributed by atoms with Crippen LogP contribution in [0.4, 0.5) is 5.69 Å². The summed E-state index contributed by atoms with van der Waals surface area (Å²) in [5.74, 6) is 3.15. The van der Waals surface area contributed by atoms with E-state index in [1.165, 1.54) is 4.90 Å². The van der Waals surface area contributed by atoms with E-state index in [0.717, 1.165) is 11.4 Å². The van der Waals surface area contributed by atoms with E-state index in [1.807, 2.05) is 24.1 Å². The lowest BCUT2D eigenvalue weighted by molar-refractivity contribution is -0.129. The number of hydrogen-bond acceptors (Lipinski definition) is 5. The van der Waals surface area contributed by atoms with Gasteiger partial charge in [0.25, 0.3) is 5.91 Å². The molecule has 1 aromatic rings. The van der Waals surface area contributed by atoms with Gasteiger partial charge in [0.15, 0.2) is 0 Å². The van der Waals surface area contributed by atoms with E-state index in [4.69, 9.17) is 15.9 Å². The van der Waals surface area contributed by atoms with Crippen LogP contribution in [0.3, 0.4) is 0 Å². The molecule has 1 saturated heterocycles. The van der Waals surface area contributed by atoms with Gasteiger partial charge in [-0.25, -0.2) is 0 Å². The number of likely N-dealkylation sites (N-methyl/N-ethyl adjacent to an activating group) is 1. The van der Waals surface area contributed by atoms with Gasteiger partial charge in [-0.15, -0.1) is 6.42 Å². The molecule has 144 valence electrons. The zero-order chi connectivity index (χ0) is 19.4. The summed E-state index contributed by atoms with van der Waals surface area (Å²) in [5, 5.41) is 0. The molecule has 1 aromatic carbocycles. The van der Waals surface area contributed by atoms with Crippen LogP contribution in [-0.4, -0.2) is 81.2 Å². The van der Waals surface area contributed by atoms with Crippen LogP contribution in [0.2, 0.25) is 0 Å². The number of carbonyl (C=O) groups excluding carboxylic acids is 2. The summed E-state index contributed by atoms with van der Waals surface area (Å²) in [7, 11) is 3.61. The molecule has 2 heterocycles. The molecule has 0 spiro atoms. The summed E-state index contributed by atoms with van der Waals surface area (Å²) in [4.78, 5) is 30.4. The van der Waals surface area contributed by atoms with E-state index in [0.29, 0.717) is 44.9 Å². The van der Waals surface area contributed by atoms with Crippen LogP contribution in [-0.2, 0) is 9.53 Å². The van der Waals surface area contributed by atoms with Gasteiger partial charge in [-0.05, 0) is 18.2 Å². The van der Waals surface area contributed by atoms with Crippen molar-refractivity contribution >= 4 is 17.5 Å². The van der Waals surface area contributed by atoms with E-state index < -0.39 is 0 Å². The van der Waals surface area contributed by atoms with Crippen LogP contribution in [0.25, 0.3) is 0 Å². The normalized spacial score (nSPS) is 18.9. The Morgan fingerprint density at radius 2 is 2.07 bits per heavy atom. The SMILES string of the molecule is C#CCN(C)C(=O)CC1COc2ccc(C(=O)N3CCOCC3)cc2N1C. The van der Waals surface area contributed by atoms with Crippen molar-refractivity contribution in [3.05, 3.63) is 23.8 Å². The van der Waals surface area contributed by atoms with Crippen molar-refractivity contribution in [3.63, 3.8) is 0 Å². The number of morpholine rings is 1. The number of hydrogen-bond donors (Lipinski definition) is 0. The molecule has 7 nitrogen and oxygen atoms in total. The predicted molar refractivity (Wildman–Crippen MR) is 102 cm³/mol. The minimum absolute atomic E-state index is 0.0125. The second kappa shape index (κ2) is 8.31. The third-order valence-corrected chi connectivity index (χ3v) is 5.03. The fourth-order valence-electron chi connectivity index (χ4n) is 3.27. The van der Waals surface area contributed by atoms with Gasteiger partial charge in [-0.2, -0.15) is 0 Å². The molecular weight excluding hydrogens is 346 g/mol. The minimum atomic E-state index is -0.112. The number of carbonyl (C=O) groups is 2. The van der Waals surface area contributed by atoms with Crippen molar-refractivity contribution in [1.82, 2.24) is 9.80 Å². The van der Waals surface area contributed by atoms with Crippen molar-refractivity contribution in [3.8, 4) is 18.1 Å². The average molecular weight is 371 g/mol. The molecule has 2 aliphatic heterocycles. The summed E-state index contributed by atoms with van der Waals surface area (Å²) in [6.07, 6.45) is 5.58. The molecule has 0 aromatic heterocycles. The smallest absolute Gasteiger partial charge is 0.254 e. The number of ether oxygens (including phenoxy) is 2. The maximum absolute atomic E-state index is 12.7. The second-order valence-corrected chi connectivity index (χ2v) is 6.82. The molecule has 7 heteroatoms. The van der Waals surface area contributed by atoms with Gasteiger partial charge in [0.1, 0.15) is 12.4 Å². The lowest BCUT2D eigenvalue weighted by atomic mass is 10.1. The lowest BCUT2D eigenvalue weighted by Crippen LogP contribution is -2.44. The maximum Gasteiger partial charge on any atom is 0.254 e. The van der Waals surface area contributed by atoms with Crippen molar-refractivity contribution < 1.29 is 19.1 Å². The van der Waals surface area contributed by atoms with Crippen LogP contribution in [0, 0.1) is 12.3 Å². The highest BCUT2D eigenvalue weighted by atomic mass is 16.5. The third kappa shape index (κ3) is 4.17. The Bertz CT molecular complexity index is 752. The lowest BCUT2D eigenvalue weighted by Gasteiger charge is -2.36. The topological polar surface area (TPSA) is 62.3 Å². The quantitative estimate of drug-likeness (QED) is 0.734. The summed E-state index contributed by atoms with van der Waals surface area (Å²) in [6, 6.07) is 5.34. The molecule has 0 aliphatic carbocycles. The second-order valence-electron chi connectivity index (χ2n) is 6.82. The number of amides is 2. The first-order chi connectivity index (χ1) is 13.0. The highest BCUT2D eigenvalue weighted by Gasteiger charge is 2.29. The zero-order valence-electron chi connectivity index (χ0n) is 15.8. The monoisotopic (exact) mass is 371 g/mol. The van der Waals surface area contributed by atoms with Crippen LogP contribution in [0.1, 0.15) is 16.8 Å². The molecule has 0 N–H and O–H groups in total. The number of fused-ring (bicyclic) bond motifs is 1. The first-order valence-corrected chi connectivity index (χ1v) is 9.05. The highest BCUT2D eigenvalue weighted by Crippen LogP contribution is 2.35. The largest absolute Gasteiger partial charge is 0.489 e. The molecule has 27 heavy (non-hydrogen) atoms. The van der Waals surface area contributed by atoms with Gasteiger partial charge in [0, 0.05) is 32.7 Å². The Labute approximate surface area is 159 Å². The van der Waals surface area contributed by atoms with Gasteiger partial charge in [-0.3, -0.25) is 9.59 Å². The number of anilines is 1. The van der Waals surface area contributed by atoms with Gasteiger partial charge in [0.2, 0.25) is 5.91 Å². The van der Waals surface area contributed by atoms with Gasteiger partial charge in [-0.1, -0.05) is 5.92 Å². The first-order valence-electron chi connectivity index (χ1n) is 9.05. The zero-order valence-corrected chi connectivity index (χ0v) is 15.8. The van der Waals surface area contributed by atoms with Gasteiger partial charge >= 0.3 is 0 Å². The van der Waals surface area contributed by atoms with Crippen LogP contribution < -0.4 is 9.64 Å². The number of rotatable bonds is 4. The summed E-state index contributed by atoms with van der Waals surface area (Å²) >= 11 is 0. The van der Waals surface area contributed by atoms with E-state index >= 15 is 0 Å². The Hall–Kier alpha value is -2.72. The Morgan fingerprint density at radius 1 is 1.33 bits per heavy atom. The van der Waals surface area contributed by atoms with Crippen molar-refractivity contribution in [2.75, 3.05) is 58.5 Å². The molecule has 2 aliphatic rings. The Balaban J connectivity index is 1.74. The first kappa shape index (κ1) is 19.1. The van der Waals surface area contributed by atoms with E-state index in [9.17, 15) is 9.59 Å². The number of nitrogens with zero attached hydrogens (tertiary/aromatic N) is 3. The predicted octanol–water partition coefficient (Wildman–Crippen LogP) is 0.838.